The second-order valence-electron chi connectivity index (χ2n) is 7.03. The maximum atomic E-state index is 13.2. The summed E-state index contributed by atoms with van der Waals surface area (Å²) in [4.78, 5) is 24.0. The van der Waals surface area contributed by atoms with Crippen LogP contribution in [0, 0.1) is 19.7 Å². The van der Waals surface area contributed by atoms with E-state index < -0.39 is 0 Å². The lowest BCUT2D eigenvalue weighted by Gasteiger charge is -2.19. The molecule has 6 heteroatoms. The number of aryl methyl sites for hydroxylation is 2. The van der Waals surface area contributed by atoms with Gasteiger partial charge in [-0.3, -0.25) is 14.7 Å². The summed E-state index contributed by atoms with van der Waals surface area (Å²) in [6, 6.07) is 15.8. The Kier molecular flexibility index (Phi) is 5.36. The van der Waals surface area contributed by atoms with Gasteiger partial charge in [-0.2, -0.15) is 0 Å². The number of fused-ring (bicyclic) bond motifs is 1. The van der Waals surface area contributed by atoms with E-state index in [1.165, 1.54) is 29.0 Å². The molecule has 0 fully saturated rings. The third-order valence-electron chi connectivity index (χ3n) is 4.67. The van der Waals surface area contributed by atoms with E-state index in [9.17, 15) is 9.18 Å². The number of halogens is 1. The minimum atomic E-state index is -0.316. The maximum Gasteiger partial charge on any atom is 0.233 e. The van der Waals surface area contributed by atoms with Crippen LogP contribution in [0.25, 0.3) is 10.2 Å². The molecular weight excluding hydrogens is 385 g/mol. The number of pyridine rings is 1. The Morgan fingerprint density at radius 1 is 1.10 bits per heavy atom. The Morgan fingerprint density at radius 2 is 1.90 bits per heavy atom. The molecule has 0 spiro atoms. The van der Waals surface area contributed by atoms with E-state index in [1.807, 2.05) is 25.1 Å². The summed E-state index contributed by atoms with van der Waals surface area (Å²) >= 11 is 1.50. The number of rotatable bonds is 5. The van der Waals surface area contributed by atoms with Crippen molar-refractivity contribution in [1.82, 2.24) is 9.97 Å². The molecule has 0 saturated heterocycles. The molecule has 4 nitrogen and oxygen atoms in total. The third kappa shape index (κ3) is 4.32. The van der Waals surface area contributed by atoms with Gasteiger partial charge in [0, 0.05) is 6.20 Å². The molecule has 29 heavy (non-hydrogen) atoms. The Bertz CT molecular complexity index is 1160. The van der Waals surface area contributed by atoms with E-state index in [2.05, 4.69) is 24.0 Å². The van der Waals surface area contributed by atoms with Gasteiger partial charge in [0.2, 0.25) is 5.91 Å². The number of hydrogen-bond donors (Lipinski definition) is 0. The van der Waals surface area contributed by atoms with Gasteiger partial charge in [-0.25, -0.2) is 9.37 Å². The van der Waals surface area contributed by atoms with E-state index in [0.29, 0.717) is 11.7 Å². The predicted molar refractivity (Wildman–Crippen MR) is 115 cm³/mol. The first-order valence-electron chi connectivity index (χ1n) is 9.32. The van der Waals surface area contributed by atoms with E-state index in [4.69, 9.17) is 4.98 Å². The van der Waals surface area contributed by atoms with Gasteiger partial charge in [0.1, 0.15) is 5.82 Å². The number of aromatic nitrogens is 2. The molecule has 0 unspecified atom stereocenters. The molecule has 2 aromatic carbocycles. The maximum absolute atomic E-state index is 13.2. The summed E-state index contributed by atoms with van der Waals surface area (Å²) in [6.07, 6.45) is 1.88. The molecule has 0 saturated carbocycles. The van der Waals surface area contributed by atoms with Crippen molar-refractivity contribution in [3.63, 3.8) is 0 Å². The van der Waals surface area contributed by atoms with Crippen LogP contribution >= 0.6 is 11.3 Å². The number of thiazole rings is 1. The highest BCUT2D eigenvalue weighted by molar-refractivity contribution is 7.22. The zero-order valence-corrected chi connectivity index (χ0v) is 17.0. The molecule has 0 radical (unpaired) electrons. The van der Waals surface area contributed by atoms with E-state index in [0.717, 1.165) is 27.0 Å². The molecule has 2 heterocycles. The average Bonchev–Trinajstić information content (AvgIpc) is 3.12. The predicted octanol–water partition coefficient (Wildman–Crippen LogP) is 5.22. The van der Waals surface area contributed by atoms with Gasteiger partial charge >= 0.3 is 0 Å². The monoisotopic (exact) mass is 405 g/mol. The fourth-order valence-electron chi connectivity index (χ4n) is 3.26. The fraction of sp³-hybridized carbons (Fsp3) is 0.174. The molecule has 2 aromatic heterocycles. The normalized spacial score (nSPS) is 11.0. The third-order valence-corrected chi connectivity index (χ3v) is 5.69. The van der Waals surface area contributed by atoms with Crippen molar-refractivity contribution in [3.8, 4) is 0 Å². The van der Waals surface area contributed by atoms with Gasteiger partial charge in [0.15, 0.2) is 5.13 Å². The van der Waals surface area contributed by atoms with Crippen LogP contribution in [-0.4, -0.2) is 15.9 Å². The zero-order valence-electron chi connectivity index (χ0n) is 16.2. The smallest absolute Gasteiger partial charge is 0.233 e. The van der Waals surface area contributed by atoms with Gasteiger partial charge in [-0.15, -0.1) is 0 Å². The van der Waals surface area contributed by atoms with Crippen molar-refractivity contribution >= 4 is 32.6 Å². The largest absolute Gasteiger partial charge is 0.282 e. The fourth-order valence-corrected chi connectivity index (χ4v) is 4.42. The van der Waals surface area contributed by atoms with Gasteiger partial charge in [0.05, 0.1) is 28.9 Å². The van der Waals surface area contributed by atoms with Crippen LogP contribution < -0.4 is 4.90 Å². The highest BCUT2D eigenvalue weighted by Gasteiger charge is 2.21. The van der Waals surface area contributed by atoms with Gasteiger partial charge in [0.25, 0.3) is 0 Å². The topological polar surface area (TPSA) is 46.1 Å². The minimum Gasteiger partial charge on any atom is -0.282 e. The van der Waals surface area contributed by atoms with E-state index in [-0.39, 0.29) is 18.1 Å². The molecule has 146 valence electrons. The second kappa shape index (κ2) is 8.09. The van der Waals surface area contributed by atoms with Crippen LogP contribution in [0.1, 0.15) is 22.4 Å². The van der Waals surface area contributed by atoms with E-state index >= 15 is 0 Å². The summed E-state index contributed by atoms with van der Waals surface area (Å²) in [5, 5.41) is 0.645. The van der Waals surface area contributed by atoms with Crippen molar-refractivity contribution < 1.29 is 9.18 Å². The standard InChI is InChI=1S/C23H20FN3OS/c1-15-11-16(2)22-20(12-15)29-23(26-22)27(14-19-5-3-4-10-25-19)21(28)13-17-6-8-18(24)9-7-17/h3-12H,13-14H2,1-2H3. The highest BCUT2D eigenvalue weighted by Crippen LogP contribution is 2.32. The van der Waals surface area contributed by atoms with Crippen LogP contribution in [0.5, 0.6) is 0 Å². The molecule has 0 bridgehead atoms. The Labute approximate surface area is 172 Å². The van der Waals surface area contributed by atoms with Crippen LogP contribution in [0.2, 0.25) is 0 Å². The van der Waals surface area contributed by atoms with Crippen molar-refractivity contribution in [1.29, 1.82) is 0 Å². The van der Waals surface area contributed by atoms with Gasteiger partial charge < -0.3 is 0 Å². The quantitative estimate of drug-likeness (QED) is 0.457. The van der Waals surface area contributed by atoms with Crippen molar-refractivity contribution in [2.24, 2.45) is 0 Å². The Morgan fingerprint density at radius 3 is 2.62 bits per heavy atom. The van der Waals surface area contributed by atoms with Crippen molar-refractivity contribution in [3.05, 3.63) is 89.0 Å². The van der Waals surface area contributed by atoms with Gasteiger partial charge in [-0.05, 0) is 60.9 Å². The number of carbonyl (C=O) groups is 1. The summed E-state index contributed by atoms with van der Waals surface area (Å²) < 4.78 is 14.3. The zero-order chi connectivity index (χ0) is 20.4. The lowest BCUT2D eigenvalue weighted by Crippen LogP contribution is -2.32. The number of carbonyl (C=O) groups excluding carboxylic acids is 1. The number of anilines is 1. The number of benzene rings is 2. The molecule has 0 atom stereocenters. The molecule has 0 aliphatic heterocycles. The summed E-state index contributed by atoms with van der Waals surface area (Å²) in [7, 11) is 0. The molecule has 4 rings (SSSR count). The second-order valence-corrected chi connectivity index (χ2v) is 8.04. The summed E-state index contributed by atoms with van der Waals surface area (Å²) in [5.74, 6) is -0.417. The number of hydrogen-bond acceptors (Lipinski definition) is 4. The SMILES string of the molecule is Cc1cc(C)c2nc(N(Cc3ccccn3)C(=O)Cc3ccc(F)cc3)sc2c1. The highest BCUT2D eigenvalue weighted by atomic mass is 32.1. The van der Waals surface area contributed by atoms with Crippen LogP contribution in [-0.2, 0) is 17.8 Å². The molecule has 1 amide bonds. The first-order chi connectivity index (χ1) is 14.0. The van der Waals surface area contributed by atoms with Crippen molar-refractivity contribution in [2.45, 2.75) is 26.8 Å². The van der Waals surface area contributed by atoms with Crippen LogP contribution in [0.4, 0.5) is 9.52 Å². The first kappa shape index (κ1) is 19.2. The molecule has 0 aliphatic rings. The first-order valence-corrected chi connectivity index (χ1v) is 10.1. The number of nitrogens with zero attached hydrogens (tertiary/aromatic N) is 3. The lowest BCUT2D eigenvalue weighted by atomic mass is 10.1. The van der Waals surface area contributed by atoms with Gasteiger partial charge in [-0.1, -0.05) is 35.6 Å². The Hall–Kier alpha value is -3.12. The summed E-state index contributed by atoms with van der Waals surface area (Å²) in [6.45, 7) is 4.41. The number of amides is 1. The Balaban J connectivity index is 1.70. The average molecular weight is 405 g/mol. The van der Waals surface area contributed by atoms with E-state index in [1.54, 1.807) is 23.2 Å². The lowest BCUT2D eigenvalue weighted by molar-refractivity contribution is -0.118. The molecular formula is C23H20FN3OS. The van der Waals surface area contributed by atoms with Crippen LogP contribution in [0.15, 0.2) is 60.8 Å². The van der Waals surface area contributed by atoms with Crippen LogP contribution in [0.3, 0.4) is 0 Å². The molecule has 4 aromatic rings. The summed E-state index contributed by atoms with van der Waals surface area (Å²) in [5.41, 5.74) is 4.71. The minimum absolute atomic E-state index is 0.101. The van der Waals surface area contributed by atoms with Crippen molar-refractivity contribution in [2.75, 3.05) is 4.90 Å². The molecule has 0 N–H and O–H groups in total. The molecule has 0 aliphatic carbocycles.